The fourth-order valence-corrected chi connectivity index (χ4v) is 3.80. The number of nitrogens with zero attached hydrogens (tertiary/aromatic N) is 1. The van der Waals surface area contributed by atoms with Crippen LogP contribution in [0.4, 0.5) is 0 Å². The molecular formula is C21H22ClNO2. The van der Waals surface area contributed by atoms with Crippen LogP contribution in [0.2, 0.25) is 5.02 Å². The number of ether oxygens (including phenoxy) is 2. The molecule has 0 aliphatic heterocycles. The first kappa shape index (κ1) is 17.6. The minimum atomic E-state index is 0.250. The zero-order valence-corrected chi connectivity index (χ0v) is 15.4. The predicted octanol–water partition coefficient (Wildman–Crippen LogP) is 5.48. The van der Waals surface area contributed by atoms with Crippen molar-refractivity contribution < 1.29 is 9.47 Å². The second-order valence-electron chi connectivity index (χ2n) is 6.35. The van der Waals surface area contributed by atoms with Crippen LogP contribution in [0.5, 0.6) is 11.5 Å². The van der Waals surface area contributed by atoms with E-state index in [2.05, 4.69) is 18.2 Å². The van der Waals surface area contributed by atoms with Gasteiger partial charge < -0.3 is 9.47 Å². The summed E-state index contributed by atoms with van der Waals surface area (Å²) in [7, 11) is 1.69. The van der Waals surface area contributed by atoms with E-state index >= 15 is 0 Å². The van der Waals surface area contributed by atoms with E-state index in [1.54, 1.807) is 7.11 Å². The van der Waals surface area contributed by atoms with Crippen LogP contribution < -0.4 is 9.47 Å². The van der Waals surface area contributed by atoms with Crippen LogP contribution in [0, 0.1) is 11.3 Å². The van der Waals surface area contributed by atoms with Gasteiger partial charge in [-0.05, 0) is 66.6 Å². The normalized spacial score (nSPS) is 16.0. The van der Waals surface area contributed by atoms with Crippen LogP contribution in [0.15, 0.2) is 30.3 Å². The molecule has 0 saturated heterocycles. The van der Waals surface area contributed by atoms with Gasteiger partial charge in [-0.1, -0.05) is 24.6 Å². The van der Waals surface area contributed by atoms with Crippen LogP contribution in [0.1, 0.15) is 54.4 Å². The van der Waals surface area contributed by atoms with Gasteiger partial charge in [0.15, 0.2) is 5.75 Å². The Morgan fingerprint density at radius 2 is 2.12 bits per heavy atom. The Labute approximate surface area is 154 Å². The number of hydrogen-bond acceptors (Lipinski definition) is 3. The van der Waals surface area contributed by atoms with Crippen LogP contribution in [0.25, 0.3) is 0 Å². The average molecular weight is 356 g/mol. The number of halogens is 1. The Balaban J connectivity index is 2.01. The molecule has 0 amide bonds. The van der Waals surface area contributed by atoms with Gasteiger partial charge in [-0.2, -0.15) is 5.26 Å². The van der Waals surface area contributed by atoms with Gasteiger partial charge in [0.1, 0.15) is 11.8 Å². The lowest BCUT2D eigenvalue weighted by molar-refractivity contribution is 0.316. The van der Waals surface area contributed by atoms with E-state index in [9.17, 15) is 5.26 Å². The molecule has 2 aromatic carbocycles. The number of fused-ring (bicyclic) bond motifs is 1. The van der Waals surface area contributed by atoms with E-state index in [-0.39, 0.29) is 5.92 Å². The van der Waals surface area contributed by atoms with Gasteiger partial charge in [-0.3, -0.25) is 0 Å². The molecule has 0 radical (unpaired) electrons. The van der Waals surface area contributed by atoms with Gasteiger partial charge in [0, 0.05) is 5.92 Å². The SMILES string of the molecule is CCCOc1c(Cl)cc(C2CCCc3cc(OC)ccc32)cc1C#N. The Hall–Kier alpha value is -2.18. The topological polar surface area (TPSA) is 42.2 Å². The minimum Gasteiger partial charge on any atom is -0.497 e. The van der Waals surface area contributed by atoms with Gasteiger partial charge in [0.25, 0.3) is 0 Å². The molecule has 1 atom stereocenters. The number of rotatable bonds is 5. The van der Waals surface area contributed by atoms with Crippen LogP contribution in [0.3, 0.4) is 0 Å². The van der Waals surface area contributed by atoms with Gasteiger partial charge in [0.05, 0.1) is 24.3 Å². The predicted molar refractivity (Wildman–Crippen MR) is 99.7 cm³/mol. The van der Waals surface area contributed by atoms with Crippen molar-refractivity contribution in [1.82, 2.24) is 0 Å². The summed E-state index contributed by atoms with van der Waals surface area (Å²) in [6.45, 7) is 2.58. The van der Waals surface area contributed by atoms with Crippen molar-refractivity contribution in [3.8, 4) is 17.6 Å². The fourth-order valence-electron chi connectivity index (χ4n) is 3.51. The lowest BCUT2D eigenvalue weighted by atomic mass is 9.78. The molecule has 0 aromatic heterocycles. The maximum absolute atomic E-state index is 9.52. The van der Waals surface area contributed by atoms with Crippen molar-refractivity contribution in [2.45, 2.75) is 38.5 Å². The van der Waals surface area contributed by atoms with Crippen molar-refractivity contribution in [1.29, 1.82) is 5.26 Å². The first-order chi connectivity index (χ1) is 12.2. The molecule has 0 bridgehead atoms. The lowest BCUT2D eigenvalue weighted by Gasteiger charge is -2.27. The minimum absolute atomic E-state index is 0.250. The van der Waals surface area contributed by atoms with Crippen molar-refractivity contribution in [3.05, 3.63) is 57.6 Å². The Bertz CT molecular complexity index is 810. The van der Waals surface area contributed by atoms with E-state index in [1.807, 2.05) is 25.1 Å². The molecule has 2 aromatic rings. The summed E-state index contributed by atoms with van der Waals surface area (Å²) in [5, 5.41) is 10.0. The molecule has 1 aliphatic carbocycles. The van der Waals surface area contributed by atoms with E-state index in [1.165, 1.54) is 11.1 Å². The summed E-state index contributed by atoms with van der Waals surface area (Å²) in [5.74, 6) is 1.64. The standard InChI is InChI=1S/C21H22ClNO2/c1-3-9-25-21-16(13-23)10-15(12-20(21)22)18-6-4-5-14-11-17(24-2)7-8-19(14)18/h7-8,10-12,18H,3-6,9H2,1-2H3. The van der Waals surface area contributed by atoms with Crippen LogP contribution in [-0.2, 0) is 6.42 Å². The van der Waals surface area contributed by atoms with E-state index in [0.29, 0.717) is 22.9 Å². The van der Waals surface area contributed by atoms with Gasteiger partial charge in [-0.15, -0.1) is 0 Å². The number of hydrogen-bond donors (Lipinski definition) is 0. The molecule has 1 unspecified atom stereocenters. The van der Waals surface area contributed by atoms with Crippen molar-refractivity contribution in [2.75, 3.05) is 13.7 Å². The smallest absolute Gasteiger partial charge is 0.155 e. The molecule has 0 saturated carbocycles. The molecule has 3 nitrogen and oxygen atoms in total. The Kier molecular flexibility index (Phi) is 5.50. The van der Waals surface area contributed by atoms with Crippen LogP contribution in [-0.4, -0.2) is 13.7 Å². The first-order valence-corrected chi connectivity index (χ1v) is 9.08. The third kappa shape index (κ3) is 3.60. The molecule has 25 heavy (non-hydrogen) atoms. The molecule has 3 rings (SSSR count). The third-order valence-corrected chi connectivity index (χ3v) is 4.98. The number of aryl methyl sites for hydroxylation is 1. The zero-order chi connectivity index (χ0) is 17.8. The highest BCUT2D eigenvalue weighted by molar-refractivity contribution is 6.32. The third-order valence-electron chi connectivity index (χ3n) is 4.70. The summed E-state index contributed by atoms with van der Waals surface area (Å²) in [6, 6.07) is 12.4. The van der Waals surface area contributed by atoms with Crippen molar-refractivity contribution in [3.63, 3.8) is 0 Å². The molecule has 1 aliphatic rings. The molecule has 130 valence electrons. The average Bonchev–Trinajstić information content (AvgIpc) is 2.65. The molecular weight excluding hydrogens is 334 g/mol. The maximum Gasteiger partial charge on any atom is 0.155 e. The molecule has 0 spiro atoms. The van der Waals surface area contributed by atoms with Crippen LogP contribution >= 0.6 is 11.6 Å². The molecule has 0 heterocycles. The first-order valence-electron chi connectivity index (χ1n) is 8.71. The monoisotopic (exact) mass is 355 g/mol. The molecule has 0 N–H and O–H groups in total. The van der Waals surface area contributed by atoms with Gasteiger partial charge >= 0.3 is 0 Å². The zero-order valence-electron chi connectivity index (χ0n) is 14.6. The highest BCUT2D eigenvalue weighted by Gasteiger charge is 2.24. The fraction of sp³-hybridized carbons (Fsp3) is 0.381. The molecule has 0 fully saturated rings. The summed E-state index contributed by atoms with van der Waals surface area (Å²) in [6.07, 6.45) is 4.09. The second-order valence-corrected chi connectivity index (χ2v) is 6.76. The molecule has 4 heteroatoms. The second kappa shape index (κ2) is 7.80. The number of nitriles is 1. The lowest BCUT2D eigenvalue weighted by Crippen LogP contribution is -2.12. The number of benzene rings is 2. The summed E-state index contributed by atoms with van der Waals surface area (Å²) in [5.41, 5.74) is 4.21. The summed E-state index contributed by atoms with van der Waals surface area (Å²) >= 11 is 6.45. The largest absolute Gasteiger partial charge is 0.497 e. The Morgan fingerprint density at radius 1 is 1.28 bits per heavy atom. The number of methoxy groups -OCH3 is 1. The van der Waals surface area contributed by atoms with E-state index < -0.39 is 0 Å². The quantitative estimate of drug-likeness (QED) is 0.713. The Morgan fingerprint density at radius 3 is 2.84 bits per heavy atom. The van der Waals surface area contributed by atoms with Crippen molar-refractivity contribution in [2.24, 2.45) is 0 Å². The van der Waals surface area contributed by atoms with Gasteiger partial charge in [-0.25, -0.2) is 0 Å². The van der Waals surface area contributed by atoms with Crippen molar-refractivity contribution >= 4 is 11.6 Å². The summed E-state index contributed by atoms with van der Waals surface area (Å²) < 4.78 is 11.0. The van der Waals surface area contributed by atoms with Gasteiger partial charge in [0.2, 0.25) is 0 Å². The maximum atomic E-state index is 9.52. The highest BCUT2D eigenvalue weighted by atomic mass is 35.5. The van der Waals surface area contributed by atoms with E-state index in [4.69, 9.17) is 21.1 Å². The van der Waals surface area contributed by atoms with E-state index in [0.717, 1.165) is 37.0 Å². The highest BCUT2D eigenvalue weighted by Crippen LogP contribution is 2.41. The summed E-state index contributed by atoms with van der Waals surface area (Å²) in [4.78, 5) is 0.